The molecule has 0 bridgehead atoms. The first-order valence-electron chi connectivity index (χ1n) is 5.69. The molecule has 0 aliphatic carbocycles. The first-order valence-corrected chi connectivity index (χ1v) is 8.00. The van der Waals surface area contributed by atoms with E-state index in [1.807, 2.05) is 30.3 Å². The third-order valence-corrected chi connectivity index (χ3v) is 4.14. The molecule has 0 saturated heterocycles. The van der Waals surface area contributed by atoms with E-state index in [1.165, 1.54) is 6.07 Å². The zero-order valence-corrected chi connectivity index (χ0v) is 11.9. The lowest BCUT2D eigenvalue weighted by molar-refractivity contribution is 0.306. The van der Waals surface area contributed by atoms with Gasteiger partial charge in [-0.3, -0.25) is 0 Å². The van der Waals surface area contributed by atoms with E-state index in [-0.39, 0.29) is 4.90 Å². The van der Waals surface area contributed by atoms with Crippen LogP contribution in [0.1, 0.15) is 11.1 Å². The van der Waals surface area contributed by atoms with Crippen LogP contribution in [-0.4, -0.2) is 8.42 Å². The van der Waals surface area contributed by atoms with Crippen LogP contribution in [0.15, 0.2) is 53.4 Å². The molecular formula is C14H13ClO3S. The number of aryl methyl sites for hydroxylation is 1. The van der Waals surface area contributed by atoms with Gasteiger partial charge in [0.1, 0.15) is 12.4 Å². The largest absolute Gasteiger partial charge is 0.489 e. The fourth-order valence-corrected chi connectivity index (χ4v) is 2.92. The van der Waals surface area contributed by atoms with Gasteiger partial charge in [0.15, 0.2) is 0 Å². The number of ether oxygens (including phenoxy) is 1. The monoisotopic (exact) mass is 296 g/mol. The van der Waals surface area contributed by atoms with Crippen LogP contribution in [0.25, 0.3) is 0 Å². The Balaban J connectivity index is 2.13. The molecule has 2 rings (SSSR count). The molecule has 0 aromatic heterocycles. The molecule has 0 aliphatic rings. The molecule has 2 aromatic rings. The lowest BCUT2D eigenvalue weighted by atomic mass is 10.2. The van der Waals surface area contributed by atoms with Gasteiger partial charge in [0.25, 0.3) is 9.05 Å². The molecule has 0 N–H and O–H groups in total. The van der Waals surface area contributed by atoms with Gasteiger partial charge in [-0.05, 0) is 36.2 Å². The molecular weight excluding hydrogens is 284 g/mol. The molecule has 19 heavy (non-hydrogen) atoms. The maximum atomic E-state index is 11.3. The maximum absolute atomic E-state index is 11.3. The maximum Gasteiger partial charge on any atom is 0.261 e. The topological polar surface area (TPSA) is 43.4 Å². The number of rotatable bonds is 4. The Morgan fingerprint density at radius 1 is 1.11 bits per heavy atom. The summed E-state index contributed by atoms with van der Waals surface area (Å²) in [5, 5.41) is 0. The Morgan fingerprint density at radius 2 is 1.79 bits per heavy atom. The number of benzene rings is 2. The Labute approximate surface area is 117 Å². The summed E-state index contributed by atoms with van der Waals surface area (Å²) >= 11 is 0. The minimum absolute atomic E-state index is 0.112. The van der Waals surface area contributed by atoms with E-state index < -0.39 is 9.05 Å². The molecule has 0 unspecified atom stereocenters. The van der Waals surface area contributed by atoms with Crippen LogP contribution in [0, 0.1) is 6.92 Å². The van der Waals surface area contributed by atoms with Crippen molar-refractivity contribution < 1.29 is 13.2 Å². The second kappa shape index (κ2) is 5.63. The van der Waals surface area contributed by atoms with Crippen molar-refractivity contribution in [3.63, 3.8) is 0 Å². The minimum Gasteiger partial charge on any atom is -0.489 e. The van der Waals surface area contributed by atoms with E-state index >= 15 is 0 Å². The van der Waals surface area contributed by atoms with E-state index in [0.717, 1.165) is 5.56 Å². The number of halogens is 1. The highest BCUT2D eigenvalue weighted by atomic mass is 35.7. The van der Waals surface area contributed by atoms with Crippen LogP contribution in [0.5, 0.6) is 5.75 Å². The molecule has 0 atom stereocenters. The molecule has 0 saturated carbocycles. The van der Waals surface area contributed by atoms with E-state index in [0.29, 0.717) is 17.9 Å². The minimum atomic E-state index is -3.70. The fourth-order valence-electron chi connectivity index (χ4n) is 1.73. The standard InChI is InChI=1S/C14H13ClO3S/c1-11-9-13(7-8-14(11)19(15,16)17)18-10-12-5-3-2-4-6-12/h2-9H,10H2,1H3. The molecule has 0 fully saturated rings. The van der Waals surface area contributed by atoms with E-state index in [1.54, 1.807) is 19.1 Å². The van der Waals surface area contributed by atoms with Crippen molar-refractivity contribution in [2.24, 2.45) is 0 Å². The Hall–Kier alpha value is -1.52. The summed E-state index contributed by atoms with van der Waals surface area (Å²) in [6.45, 7) is 2.12. The Kier molecular flexibility index (Phi) is 4.12. The quantitative estimate of drug-likeness (QED) is 0.811. The highest BCUT2D eigenvalue weighted by Gasteiger charge is 2.13. The van der Waals surface area contributed by atoms with Gasteiger partial charge in [0.05, 0.1) is 4.90 Å². The van der Waals surface area contributed by atoms with Crippen LogP contribution in [0.3, 0.4) is 0 Å². The predicted molar refractivity (Wildman–Crippen MR) is 75.0 cm³/mol. The smallest absolute Gasteiger partial charge is 0.261 e. The molecule has 0 radical (unpaired) electrons. The summed E-state index contributed by atoms with van der Waals surface area (Å²) < 4.78 is 28.1. The molecule has 0 heterocycles. The van der Waals surface area contributed by atoms with E-state index in [4.69, 9.17) is 15.4 Å². The lowest BCUT2D eigenvalue weighted by Gasteiger charge is -2.08. The van der Waals surface area contributed by atoms with Crippen molar-refractivity contribution in [3.05, 3.63) is 59.7 Å². The van der Waals surface area contributed by atoms with Gasteiger partial charge in [-0.25, -0.2) is 8.42 Å². The lowest BCUT2D eigenvalue weighted by Crippen LogP contribution is -1.98. The summed E-state index contributed by atoms with van der Waals surface area (Å²) in [4.78, 5) is 0.112. The summed E-state index contributed by atoms with van der Waals surface area (Å²) in [6.07, 6.45) is 0. The third kappa shape index (κ3) is 3.72. The van der Waals surface area contributed by atoms with Gasteiger partial charge in [0, 0.05) is 10.7 Å². The summed E-state index contributed by atoms with van der Waals surface area (Å²) in [7, 11) is 1.62. The van der Waals surface area contributed by atoms with Crippen molar-refractivity contribution in [3.8, 4) is 5.75 Å². The van der Waals surface area contributed by atoms with Crippen molar-refractivity contribution >= 4 is 19.7 Å². The Bertz CT molecular complexity index is 666. The van der Waals surface area contributed by atoms with Gasteiger partial charge in [0.2, 0.25) is 0 Å². The summed E-state index contributed by atoms with van der Waals surface area (Å²) in [6, 6.07) is 14.5. The second-order valence-electron chi connectivity index (χ2n) is 4.14. The normalized spacial score (nSPS) is 11.3. The van der Waals surface area contributed by atoms with Gasteiger partial charge in [-0.15, -0.1) is 0 Å². The molecule has 0 spiro atoms. The molecule has 100 valence electrons. The first-order chi connectivity index (χ1) is 8.97. The number of hydrogen-bond donors (Lipinski definition) is 0. The van der Waals surface area contributed by atoms with Crippen LogP contribution in [0.4, 0.5) is 0 Å². The molecule has 5 heteroatoms. The summed E-state index contributed by atoms with van der Waals surface area (Å²) in [5.41, 5.74) is 1.62. The SMILES string of the molecule is Cc1cc(OCc2ccccc2)ccc1S(=O)(=O)Cl. The van der Waals surface area contributed by atoms with E-state index in [9.17, 15) is 8.42 Å². The fraction of sp³-hybridized carbons (Fsp3) is 0.143. The van der Waals surface area contributed by atoms with Crippen LogP contribution >= 0.6 is 10.7 Å². The van der Waals surface area contributed by atoms with Crippen molar-refractivity contribution in [2.75, 3.05) is 0 Å². The Morgan fingerprint density at radius 3 is 2.37 bits per heavy atom. The molecule has 0 amide bonds. The highest BCUT2D eigenvalue weighted by Crippen LogP contribution is 2.24. The number of hydrogen-bond acceptors (Lipinski definition) is 3. The zero-order chi connectivity index (χ0) is 13.9. The van der Waals surface area contributed by atoms with Crippen molar-refractivity contribution in [1.82, 2.24) is 0 Å². The van der Waals surface area contributed by atoms with Crippen molar-refractivity contribution in [1.29, 1.82) is 0 Å². The predicted octanol–water partition coefficient (Wildman–Crippen LogP) is 3.50. The van der Waals surface area contributed by atoms with Gasteiger partial charge < -0.3 is 4.74 Å². The average Bonchev–Trinajstić information content (AvgIpc) is 2.36. The summed E-state index contributed by atoms with van der Waals surface area (Å²) in [5.74, 6) is 0.616. The van der Waals surface area contributed by atoms with Crippen molar-refractivity contribution in [2.45, 2.75) is 18.4 Å². The first kappa shape index (κ1) is 13.9. The van der Waals surface area contributed by atoms with Gasteiger partial charge in [-0.1, -0.05) is 30.3 Å². The zero-order valence-electron chi connectivity index (χ0n) is 10.3. The molecule has 2 aromatic carbocycles. The van der Waals surface area contributed by atoms with Crippen LogP contribution in [0.2, 0.25) is 0 Å². The second-order valence-corrected chi connectivity index (χ2v) is 6.67. The average molecular weight is 297 g/mol. The molecule has 0 aliphatic heterocycles. The molecule has 3 nitrogen and oxygen atoms in total. The third-order valence-electron chi connectivity index (χ3n) is 2.66. The van der Waals surface area contributed by atoms with Gasteiger partial charge in [-0.2, -0.15) is 0 Å². The highest BCUT2D eigenvalue weighted by molar-refractivity contribution is 8.13. The van der Waals surface area contributed by atoms with Crippen LogP contribution in [-0.2, 0) is 15.7 Å². The van der Waals surface area contributed by atoms with E-state index in [2.05, 4.69) is 0 Å². The van der Waals surface area contributed by atoms with Gasteiger partial charge >= 0.3 is 0 Å². The van der Waals surface area contributed by atoms with Crippen LogP contribution < -0.4 is 4.74 Å².